The van der Waals surface area contributed by atoms with Crippen LogP contribution in [-0.2, 0) is 6.42 Å². The van der Waals surface area contributed by atoms with Gasteiger partial charge in [-0.15, -0.1) is 0 Å². The van der Waals surface area contributed by atoms with Crippen LogP contribution in [-0.4, -0.2) is 16.1 Å². The van der Waals surface area contributed by atoms with E-state index in [0.717, 1.165) is 6.42 Å². The lowest BCUT2D eigenvalue weighted by Crippen LogP contribution is -1.99. The van der Waals surface area contributed by atoms with Crippen molar-refractivity contribution in [3.8, 4) is 0 Å². The van der Waals surface area contributed by atoms with Crippen molar-refractivity contribution in [3.63, 3.8) is 0 Å². The number of aromatic nitrogens is 1. The van der Waals surface area contributed by atoms with Crippen LogP contribution in [0.5, 0.6) is 0 Å². The molecule has 0 radical (unpaired) electrons. The summed E-state index contributed by atoms with van der Waals surface area (Å²) >= 11 is 0. The van der Waals surface area contributed by atoms with E-state index in [1.165, 1.54) is 12.8 Å². The molecular weight excluding hydrogens is 170 g/mol. The fourth-order valence-electron chi connectivity index (χ4n) is 1.31. The monoisotopic (exact) mass is 181 g/mol. The molecule has 1 aromatic rings. The van der Waals surface area contributed by atoms with Crippen molar-refractivity contribution in [2.75, 3.05) is 0 Å². The maximum atomic E-state index is 10.6. The first-order chi connectivity index (χ1) is 6.16. The number of nitrogens with zero attached hydrogens (tertiary/aromatic N) is 1. The molecule has 4 nitrogen and oxygen atoms in total. The lowest BCUT2D eigenvalue weighted by molar-refractivity contribution is 0.0689. The van der Waals surface area contributed by atoms with Crippen LogP contribution >= 0.6 is 0 Å². The molecule has 0 aliphatic heterocycles. The molecular formula is C9H11NO3. The predicted octanol–water partition coefficient (Wildman–Crippen LogP) is 1.63. The molecule has 1 aromatic heterocycles. The normalized spacial score (nSPS) is 16.1. The summed E-state index contributed by atoms with van der Waals surface area (Å²) in [6.45, 7) is 1.63. The summed E-state index contributed by atoms with van der Waals surface area (Å²) in [6, 6.07) is 0. The lowest BCUT2D eigenvalue weighted by atomic mass is 10.3. The number of carbonyl (C=O) groups is 1. The summed E-state index contributed by atoms with van der Waals surface area (Å²) < 4.78 is 5.23. The highest BCUT2D eigenvalue weighted by atomic mass is 16.4. The Kier molecular flexibility index (Phi) is 1.83. The van der Waals surface area contributed by atoms with Crippen molar-refractivity contribution in [1.82, 2.24) is 4.98 Å². The highest BCUT2D eigenvalue weighted by molar-refractivity contribution is 5.86. The first-order valence-corrected chi connectivity index (χ1v) is 4.36. The molecule has 1 fully saturated rings. The van der Waals surface area contributed by atoms with E-state index in [1.807, 2.05) is 0 Å². The molecule has 1 N–H and O–H groups in total. The number of aryl methyl sites for hydroxylation is 1. The maximum Gasteiger partial charge on any atom is 0.358 e. The smallest absolute Gasteiger partial charge is 0.358 e. The van der Waals surface area contributed by atoms with Gasteiger partial charge >= 0.3 is 5.97 Å². The van der Waals surface area contributed by atoms with E-state index < -0.39 is 5.97 Å². The Morgan fingerprint density at radius 3 is 2.85 bits per heavy atom. The van der Waals surface area contributed by atoms with E-state index in [0.29, 0.717) is 17.6 Å². The Labute approximate surface area is 75.6 Å². The Morgan fingerprint density at radius 2 is 2.38 bits per heavy atom. The molecule has 0 bridgehead atoms. The van der Waals surface area contributed by atoms with Gasteiger partial charge in [-0.2, -0.15) is 0 Å². The largest absolute Gasteiger partial charge is 0.476 e. The van der Waals surface area contributed by atoms with Crippen LogP contribution in [0.1, 0.15) is 35.0 Å². The van der Waals surface area contributed by atoms with E-state index in [2.05, 4.69) is 4.98 Å². The van der Waals surface area contributed by atoms with E-state index in [1.54, 1.807) is 6.92 Å². The van der Waals surface area contributed by atoms with E-state index in [4.69, 9.17) is 9.52 Å². The Balaban J connectivity index is 2.18. The molecule has 0 unspecified atom stereocenters. The number of aromatic carboxylic acids is 1. The second kappa shape index (κ2) is 2.87. The van der Waals surface area contributed by atoms with Crippen molar-refractivity contribution in [2.45, 2.75) is 26.2 Å². The van der Waals surface area contributed by atoms with E-state index in [9.17, 15) is 4.79 Å². The summed E-state index contributed by atoms with van der Waals surface area (Å²) in [7, 11) is 0. The highest BCUT2D eigenvalue weighted by Gasteiger charge is 2.25. The minimum atomic E-state index is -1.01. The zero-order valence-corrected chi connectivity index (χ0v) is 7.41. The third-order valence-electron chi connectivity index (χ3n) is 2.20. The number of carboxylic acids is 1. The molecule has 2 rings (SSSR count). The average molecular weight is 181 g/mol. The average Bonchev–Trinajstić information content (AvgIpc) is 2.75. The van der Waals surface area contributed by atoms with Gasteiger partial charge in [-0.05, 0) is 25.7 Å². The SMILES string of the molecule is Cc1oc(CC2CC2)nc1C(=O)O. The van der Waals surface area contributed by atoms with Gasteiger partial charge in [0.2, 0.25) is 0 Å². The second-order valence-corrected chi connectivity index (χ2v) is 3.47. The van der Waals surface area contributed by atoms with E-state index in [-0.39, 0.29) is 5.69 Å². The Bertz CT molecular complexity index is 339. The second-order valence-electron chi connectivity index (χ2n) is 3.47. The zero-order chi connectivity index (χ0) is 9.42. The van der Waals surface area contributed by atoms with Crippen molar-refractivity contribution in [1.29, 1.82) is 0 Å². The summed E-state index contributed by atoms with van der Waals surface area (Å²) in [5.74, 6) is 0.628. The molecule has 0 spiro atoms. The van der Waals surface area contributed by atoms with Gasteiger partial charge in [-0.3, -0.25) is 0 Å². The minimum absolute atomic E-state index is 0.0515. The van der Waals surface area contributed by atoms with Gasteiger partial charge in [0.1, 0.15) is 5.76 Å². The van der Waals surface area contributed by atoms with Gasteiger partial charge in [0, 0.05) is 6.42 Å². The summed E-state index contributed by atoms with van der Waals surface area (Å²) in [5, 5.41) is 8.71. The molecule has 1 heterocycles. The Morgan fingerprint density at radius 1 is 1.69 bits per heavy atom. The fraction of sp³-hybridized carbons (Fsp3) is 0.556. The van der Waals surface area contributed by atoms with Crippen LogP contribution in [0.4, 0.5) is 0 Å². The van der Waals surface area contributed by atoms with Crippen LogP contribution in [0.25, 0.3) is 0 Å². The topological polar surface area (TPSA) is 63.3 Å². The van der Waals surface area contributed by atoms with Gasteiger partial charge in [0.15, 0.2) is 11.6 Å². The first-order valence-electron chi connectivity index (χ1n) is 4.36. The molecule has 13 heavy (non-hydrogen) atoms. The van der Waals surface area contributed by atoms with Crippen molar-refractivity contribution < 1.29 is 14.3 Å². The molecule has 0 amide bonds. The lowest BCUT2D eigenvalue weighted by Gasteiger charge is -1.87. The molecule has 0 aromatic carbocycles. The summed E-state index contributed by atoms with van der Waals surface area (Å²) in [5.41, 5.74) is 0.0515. The van der Waals surface area contributed by atoms with Gasteiger partial charge in [-0.1, -0.05) is 0 Å². The third kappa shape index (κ3) is 1.71. The Hall–Kier alpha value is -1.32. The molecule has 1 aliphatic carbocycles. The number of oxazole rings is 1. The molecule has 0 atom stereocenters. The van der Waals surface area contributed by atoms with Gasteiger partial charge < -0.3 is 9.52 Å². The molecule has 4 heteroatoms. The van der Waals surface area contributed by atoms with Gasteiger partial charge in [0.25, 0.3) is 0 Å². The van der Waals surface area contributed by atoms with Crippen LogP contribution in [0.3, 0.4) is 0 Å². The van der Waals surface area contributed by atoms with Crippen LogP contribution in [0.15, 0.2) is 4.42 Å². The van der Waals surface area contributed by atoms with Gasteiger partial charge in [0.05, 0.1) is 0 Å². The molecule has 70 valence electrons. The third-order valence-corrected chi connectivity index (χ3v) is 2.20. The fourth-order valence-corrected chi connectivity index (χ4v) is 1.31. The van der Waals surface area contributed by atoms with Crippen LogP contribution in [0, 0.1) is 12.8 Å². The standard InChI is InChI=1S/C9H11NO3/c1-5-8(9(11)12)10-7(13-5)4-6-2-3-6/h6H,2-4H2,1H3,(H,11,12). The number of carboxylic acid groups (broad SMARTS) is 1. The quantitative estimate of drug-likeness (QED) is 0.769. The summed E-state index contributed by atoms with van der Waals surface area (Å²) in [4.78, 5) is 14.5. The van der Waals surface area contributed by atoms with Crippen molar-refractivity contribution >= 4 is 5.97 Å². The zero-order valence-electron chi connectivity index (χ0n) is 7.41. The van der Waals surface area contributed by atoms with E-state index >= 15 is 0 Å². The number of hydrogen-bond donors (Lipinski definition) is 1. The van der Waals surface area contributed by atoms with Crippen molar-refractivity contribution in [3.05, 3.63) is 17.3 Å². The molecule has 1 aliphatic rings. The number of hydrogen-bond acceptors (Lipinski definition) is 3. The number of rotatable bonds is 3. The first kappa shape index (κ1) is 8.29. The molecule has 1 saturated carbocycles. The van der Waals surface area contributed by atoms with Crippen LogP contribution in [0.2, 0.25) is 0 Å². The van der Waals surface area contributed by atoms with Crippen LogP contribution < -0.4 is 0 Å². The highest BCUT2D eigenvalue weighted by Crippen LogP contribution is 2.32. The predicted molar refractivity (Wildman–Crippen MR) is 44.6 cm³/mol. The summed E-state index contributed by atoms with van der Waals surface area (Å²) in [6.07, 6.45) is 3.21. The van der Waals surface area contributed by atoms with Gasteiger partial charge in [-0.25, -0.2) is 9.78 Å². The van der Waals surface area contributed by atoms with Crippen molar-refractivity contribution in [2.24, 2.45) is 5.92 Å². The maximum absolute atomic E-state index is 10.6. The molecule has 0 saturated heterocycles. The minimum Gasteiger partial charge on any atom is -0.476 e.